The van der Waals surface area contributed by atoms with Crippen LogP contribution in [-0.2, 0) is 21.4 Å². The Kier molecular flexibility index (Phi) is 6.75. The molecule has 13 heteroatoms. The number of hydrogen-bond acceptors (Lipinski definition) is 8. The highest BCUT2D eigenvalue weighted by molar-refractivity contribution is 7.89. The summed E-state index contributed by atoms with van der Waals surface area (Å²) in [5, 5.41) is 4.32. The number of anilines is 1. The largest absolute Gasteiger partial charge is 0.383 e. The number of nitrogen functional groups attached to an aromatic ring is 1. The van der Waals surface area contributed by atoms with E-state index >= 15 is 0 Å². The van der Waals surface area contributed by atoms with E-state index in [9.17, 15) is 13.2 Å². The zero-order valence-electron chi connectivity index (χ0n) is 20.3. The standard InChI is InChI=1S/C24H27ClN8O3S/c1-14(2)27-9-17-11-32(37(35,36)24-30-19-6-4-16(25)8-21(19)31-24)12-22(34)33(17)10-15-3-5-18-20(7-15)28-13-29-23(18)26/h3-8,13-14,17,27H,9-12H2,1-2H3,(H,30,31)(H2,26,28,29). The number of carbonyl (C=O) groups is 1. The molecule has 5 rings (SSSR count). The number of aromatic amines is 1. The van der Waals surface area contributed by atoms with Crippen LogP contribution in [0.15, 0.2) is 47.9 Å². The smallest absolute Gasteiger partial charge is 0.277 e. The molecule has 11 nitrogen and oxygen atoms in total. The average molecular weight is 543 g/mol. The number of carbonyl (C=O) groups excluding carboxylic acids is 1. The molecule has 1 aliphatic heterocycles. The van der Waals surface area contributed by atoms with Crippen molar-refractivity contribution in [2.45, 2.75) is 37.6 Å². The van der Waals surface area contributed by atoms with Crippen LogP contribution in [0.5, 0.6) is 0 Å². The van der Waals surface area contributed by atoms with Crippen molar-refractivity contribution in [1.82, 2.24) is 34.5 Å². The van der Waals surface area contributed by atoms with Gasteiger partial charge in [0.15, 0.2) is 0 Å². The van der Waals surface area contributed by atoms with Crippen LogP contribution in [0.1, 0.15) is 19.4 Å². The number of nitrogens with zero attached hydrogens (tertiary/aromatic N) is 5. The molecular weight excluding hydrogens is 516 g/mol. The molecule has 1 amide bonds. The van der Waals surface area contributed by atoms with Gasteiger partial charge in [-0.2, -0.15) is 4.31 Å². The molecule has 1 fully saturated rings. The highest BCUT2D eigenvalue weighted by Gasteiger charge is 2.39. The highest BCUT2D eigenvalue weighted by atomic mass is 35.5. The van der Waals surface area contributed by atoms with E-state index in [1.165, 1.54) is 10.6 Å². The van der Waals surface area contributed by atoms with E-state index in [4.69, 9.17) is 17.3 Å². The normalized spacial score (nSPS) is 17.4. The van der Waals surface area contributed by atoms with E-state index < -0.39 is 16.1 Å². The van der Waals surface area contributed by atoms with Gasteiger partial charge in [-0.15, -0.1) is 0 Å². The molecule has 0 spiro atoms. The van der Waals surface area contributed by atoms with Gasteiger partial charge in [0, 0.05) is 36.1 Å². The molecule has 0 bridgehead atoms. The third kappa shape index (κ3) is 5.10. The maximum absolute atomic E-state index is 13.5. The number of sulfonamides is 1. The number of piperazine rings is 1. The number of fused-ring (bicyclic) bond motifs is 2. The zero-order chi connectivity index (χ0) is 26.3. The van der Waals surface area contributed by atoms with Gasteiger partial charge in [-0.05, 0) is 35.9 Å². The Morgan fingerprint density at radius 1 is 1.19 bits per heavy atom. The third-order valence-corrected chi connectivity index (χ3v) is 8.22. The lowest BCUT2D eigenvalue weighted by Crippen LogP contribution is -2.60. The molecule has 1 atom stereocenters. The predicted octanol–water partition coefficient (Wildman–Crippen LogP) is 2.14. The van der Waals surface area contributed by atoms with E-state index in [2.05, 4.69) is 25.3 Å². The Labute approximate surface area is 219 Å². The zero-order valence-corrected chi connectivity index (χ0v) is 21.9. The fraction of sp³-hybridized carbons (Fsp3) is 0.333. The topological polar surface area (TPSA) is 150 Å². The Morgan fingerprint density at radius 2 is 2.00 bits per heavy atom. The van der Waals surface area contributed by atoms with Crippen molar-refractivity contribution >= 4 is 55.3 Å². The van der Waals surface area contributed by atoms with Crippen molar-refractivity contribution < 1.29 is 13.2 Å². The van der Waals surface area contributed by atoms with Gasteiger partial charge in [-0.25, -0.2) is 23.4 Å². The minimum absolute atomic E-state index is 0.119. The van der Waals surface area contributed by atoms with Crippen LogP contribution < -0.4 is 11.1 Å². The molecule has 194 valence electrons. The van der Waals surface area contributed by atoms with E-state index in [1.807, 2.05) is 32.0 Å². The van der Waals surface area contributed by atoms with Gasteiger partial charge in [0.1, 0.15) is 12.1 Å². The fourth-order valence-corrected chi connectivity index (χ4v) is 5.93. The molecule has 0 saturated carbocycles. The SMILES string of the molecule is CC(C)NCC1CN(S(=O)(=O)c2nc3ccc(Cl)cc3[nH]2)CC(=O)N1Cc1ccc2c(N)ncnc2c1. The second-order valence-electron chi connectivity index (χ2n) is 9.35. The second-order valence-corrected chi connectivity index (χ2v) is 11.6. The molecule has 4 aromatic rings. The summed E-state index contributed by atoms with van der Waals surface area (Å²) in [5.74, 6) is 0.0881. The molecule has 2 aromatic carbocycles. The van der Waals surface area contributed by atoms with Gasteiger partial charge in [0.25, 0.3) is 10.0 Å². The van der Waals surface area contributed by atoms with Crippen LogP contribution in [0.3, 0.4) is 0 Å². The van der Waals surface area contributed by atoms with Gasteiger partial charge in [-0.1, -0.05) is 31.5 Å². The first kappa shape index (κ1) is 25.3. The highest BCUT2D eigenvalue weighted by Crippen LogP contribution is 2.25. The second kappa shape index (κ2) is 9.86. The fourth-order valence-electron chi connectivity index (χ4n) is 4.41. The molecule has 3 heterocycles. The summed E-state index contributed by atoms with van der Waals surface area (Å²) in [6.45, 7) is 4.55. The Morgan fingerprint density at radius 3 is 2.78 bits per heavy atom. The monoisotopic (exact) mass is 542 g/mol. The lowest BCUT2D eigenvalue weighted by molar-refractivity contribution is -0.138. The van der Waals surface area contributed by atoms with E-state index in [0.29, 0.717) is 40.5 Å². The van der Waals surface area contributed by atoms with Crippen LogP contribution in [0.25, 0.3) is 21.9 Å². The summed E-state index contributed by atoms with van der Waals surface area (Å²) in [6.07, 6.45) is 1.40. The van der Waals surface area contributed by atoms with Crippen LogP contribution in [0.2, 0.25) is 5.02 Å². The van der Waals surface area contributed by atoms with Gasteiger partial charge in [0.2, 0.25) is 11.1 Å². The summed E-state index contributed by atoms with van der Waals surface area (Å²) < 4.78 is 28.2. The lowest BCUT2D eigenvalue weighted by Gasteiger charge is -2.40. The van der Waals surface area contributed by atoms with Gasteiger partial charge >= 0.3 is 0 Å². The van der Waals surface area contributed by atoms with Crippen molar-refractivity contribution in [2.75, 3.05) is 25.4 Å². The molecule has 2 aromatic heterocycles. The summed E-state index contributed by atoms with van der Waals surface area (Å²) in [6, 6.07) is 10.2. The Hall–Kier alpha value is -3.32. The number of benzene rings is 2. The average Bonchev–Trinajstić information content (AvgIpc) is 3.28. The number of halogens is 1. The van der Waals surface area contributed by atoms with Crippen molar-refractivity contribution in [2.24, 2.45) is 0 Å². The van der Waals surface area contributed by atoms with Gasteiger partial charge in [-0.3, -0.25) is 4.79 Å². The minimum atomic E-state index is -4.05. The maximum Gasteiger partial charge on any atom is 0.277 e. The van der Waals surface area contributed by atoms with Crippen LogP contribution in [-0.4, -0.2) is 75.2 Å². The van der Waals surface area contributed by atoms with Crippen molar-refractivity contribution in [1.29, 1.82) is 0 Å². The summed E-state index contributed by atoms with van der Waals surface area (Å²) in [7, 11) is -4.05. The number of nitrogens with two attached hydrogens (primary N) is 1. The number of nitrogens with one attached hydrogen (secondary N) is 2. The summed E-state index contributed by atoms with van der Waals surface area (Å²) >= 11 is 6.03. The van der Waals surface area contributed by atoms with E-state index in [1.54, 1.807) is 23.1 Å². The van der Waals surface area contributed by atoms with Crippen LogP contribution >= 0.6 is 11.6 Å². The first-order valence-corrected chi connectivity index (χ1v) is 13.6. The van der Waals surface area contributed by atoms with E-state index in [-0.39, 0.29) is 30.2 Å². The first-order valence-electron chi connectivity index (χ1n) is 11.8. The van der Waals surface area contributed by atoms with Crippen LogP contribution in [0.4, 0.5) is 5.82 Å². The number of amides is 1. The number of aromatic nitrogens is 4. The quantitative estimate of drug-likeness (QED) is 0.321. The number of hydrogen-bond donors (Lipinski definition) is 3. The Bertz CT molecular complexity index is 1590. The number of rotatable bonds is 7. The van der Waals surface area contributed by atoms with Crippen LogP contribution in [0, 0.1) is 0 Å². The number of imidazole rings is 1. The molecule has 4 N–H and O–H groups in total. The number of H-pyrrole nitrogens is 1. The van der Waals surface area contributed by atoms with Gasteiger partial charge < -0.3 is 20.9 Å². The summed E-state index contributed by atoms with van der Waals surface area (Å²) in [5.41, 5.74) is 8.47. The van der Waals surface area contributed by atoms with Gasteiger partial charge in [0.05, 0.1) is 29.1 Å². The molecule has 37 heavy (non-hydrogen) atoms. The lowest BCUT2D eigenvalue weighted by atomic mass is 10.1. The molecule has 1 unspecified atom stereocenters. The minimum Gasteiger partial charge on any atom is -0.383 e. The van der Waals surface area contributed by atoms with E-state index in [0.717, 1.165) is 10.9 Å². The van der Waals surface area contributed by atoms with Crippen molar-refractivity contribution in [3.8, 4) is 0 Å². The molecule has 1 aliphatic rings. The Balaban J connectivity index is 1.42. The molecular formula is C24H27ClN8O3S. The molecule has 0 aliphatic carbocycles. The first-order chi connectivity index (χ1) is 17.6. The molecule has 1 saturated heterocycles. The third-order valence-electron chi connectivity index (χ3n) is 6.34. The van der Waals surface area contributed by atoms with Crippen molar-refractivity contribution in [3.63, 3.8) is 0 Å². The maximum atomic E-state index is 13.5. The molecule has 0 radical (unpaired) electrons. The van der Waals surface area contributed by atoms with Crippen molar-refractivity contribution in [3.05, 3.63) is 53.3 Å². The predicted molar refractivity (Wildman–Crippen MR) is 141 cm³/mol. The summed E-state index contributed by atoms with van der Waals surface area (Å²) in [4.78, 5) is 30.5.